The molecule has 3 rings (SSSR count). The number of imidazole rings is 1. The molecule has 0 bridgehead atoms. The monoisotopic (exact) mass is 411 g/mol. The van der Waals surface area contributed by atoms with E-state index in [4.69, 9.17) is 4.74 Å². The Morgan fingerprint density at radius 3 is 2.79 bits per heavy atom. The number of hydrogen-bond acceptors (Lipinski definition) is 5. The Kier molecular flexibility index (Phi) is 6.90. The Morgan fingerprint density at radius 1 is 1.39 bits per heavy atom. The second-order valence-corrected chi connectivity index (χ2v) is 7.49. The molecule has 28 heavy (non-hydrogen) atoms. The van der Waals surface area contributed by atoms with Crippen LogP contribution < -0.4 is 10.1 Å². The second-order valence-electron chi connectivity index (χ2n) is 6.55. The van der Waals surface area contributed by atoms with Gasteiger partial charge in [-0.3, -0.25) is 4.79 Å². The molecule has 0 saturated carbocycles. The molecule has 1 N–H and O–H groups in total. The molecular formula is C19H23F2N3O3S. The van der Waals surface area contributed by atoms with Crippen molar-refractivity contribution in [3.8, 4) is 5.75 Å². The topological polar surface area (TPSA) is 65.4 Å². The summed E-state index contributed by atoms with van der Waals surface area (Å²) in [7, 11) is 0. The number of ether oxygens (including phenoxy) is 2. The third-order valence-corrected chi connectivity index (χ3v) is 5.50. The first-order valence-corrected chi connectivity index (χ1v) is 10.0. The van der Waals surface area contributed by atoms with E-state index < -0.39 is 6.61 Å². The molecule has 1 saturated heterocycles. The number of hydrogen-bond donors (Lipinski definition) is 1. The minimum absolute atomic E-state index is 0.0458. The van der Waals surface area contributed by atoms with Gasteiger partial charge in [-0.05, 0) is 51.0 Å². The molecule has 0 radical (unpaired) electrons. The van der Waals surface area contributed by atoms with Crippen LogP contribution in [-0.2, 0) is 16.1 Å². The molecule has 1 aliphatic heterocycles. The Morgan fingerprint density at radius 2 is 2.14 bits per heavy atom. The number of thioether (sulfide) groups is 1. The van der Waals surface area contributed by atoms with E-state index in [1.54, 1.807) is 0 Å². The Labute approximate surface area is 166 Å². The number of benzene rings is 1. The molecule has 0 spiro atoms. The highest BCUT2D eigenvalue weighted by Crippen LogP contribution is 2.25. The number of carbonyl (C=O) groups is 1. The van der Waals surface area contributed by atoms with Crippen LogP contribution in [0.2, 0.25) is 0 Å². The molecule has 1 amide bonds. The van der Waals surface area contributed by atoms with E-state index in [0.717, 1.165) is 42.5 Å². The molecule has 1 aromatic heterocycles. The lowest BCUT2D eigenvalue weighted by molar-refractivity contribution is -0.113. The van der Waals surface area contributed by atoms with Gasteiger partial charge in [0.25, 0.3) is 0 Å². The molecule has 1 aliphatic rings. The highest BCUT2D eigenvalue weighted by molar-refractivity contribution is 7.99. The maximum absolute atomic E-state index is 12.3. The van der Waals surface area contributed by atoms with Crippen molar-refractivity contribution in [3.63, 3.8) is 0 Å². The number of aromatic nitrogens is 2. The van der Waals surface area contributed by atoms with Crippen LogP contribution in [0.15, 0.2) is 29.4 Å². The van der Waals surface area contributed by atoms with Crippen molar-refractivity contribution >= 4 is 23.4 Å². The van der Waals surface area contributed by atoms with Crippen molar-refractivity contribution in [2.24, 2.45) is 0 Å². The lowest BCUT2D eigenvalue weighted by Gasteiger charge is -2.14. The van der Waals surface area contributed by atoms with Crippen LogP contribution >= 0.6 is 11.8 Å². The van der Waals surface area contributed by atoms with Crippen LogP contribution in [0, 0.1) is 13.8 Å². The zero-order valence-corrected chi connectivity index (χ0v) is 16.6. The van der Waals surface area contributed by atoms with Crippen LogP contribution in [0.5, 0.6) is 5.75 Å². The average Bonchev–Trinajstić information content (AvgIpc) is 3.25. The van der Waals surface area contributed by atoms with E-state index in [-0.39, 0.29) is 23.5 Å². The Balaban J connectivity index is 1.56. The summed E-state index contributed by atoms with van der Waals surface area (Å²) in [6, 6.07) is 5.81. The SMILES string of the molecule is Cc1nc(SCC(=O)Nc2ccc(OC(F)F)cc2)n(CC2CCCO2)c1C. The number of rotatable bonds is 8. The van der Waals surface area contributed by atoms with Gasteiger partial charge in [-0.15, -0.1) is 0 Å². The van der Waals surface area contributed by atoms with Gasteiger partial charge in [0, 0.05) is 18.0 Å². The number of halogens is 2. The van der Waals surface area contributed by atoms with Crippen LogP contribution in [-0.4, -0.2) is 40.5 Å². The summed E-state index contributed by atoms with van der Waals surface area (Å²) in [6.45, 7) is 2.63. The van der Waals surface area contributed by atoms with Gasteiger partial charge in [-0.25, -0.2) is 4.98 Å². The molecule has 2 aromatic rings. The van der Waals surface area contributed by atoms with Crippen molar-refractivity contribution in [2.75, 3.05) is 17.7 Å². The minimum Gasteiger partial charge on any atom is -0.435 e. The summed E-state index contributed by atoms with van der Waals surface area (Å²) < 4.78 is 36.5. The third-order valence-electron chi connectivity index (χ3n) is 4.53. The largest absolute Gasteiger partial charge is 0.435 e. The first-order valence-electron chi connectivity index (χ1n) is 9.05. The molecule has 1 unspecified atom stereocenters. The standard InChI is InChI=1S/C19H23F2N3O3S/c1-12-13(2)24(10-16-4-3-9-26-16)19(22-12)28-11-17(25)23-14-5-7-15(8-6-14)27-18(20)21/h5-8,16,18H,3-4,9-11H2,1-2H3,(H,23,25). The summed E-state index contributed by atoms with van der Waals surface area (Å²) in [6.07, 6.45) is 2.30. The van der Waals surface area contributed by atoms with Gasteiger partial charge in [0.05, 0.1) is 24.1 Å². The first kappa shape index (κ1) is 20.6. The molecule has 6 nitrogen and oxygen atoms in total. The lowest BCUT2D eigenvalue weighted by Crippen LogP contribution is -2.18. The Hall–Kier alpha value is -2.13. The lowest BCUT2D eigenvalue weighted by atomic mass is 10.2. The maximum Gasteiger partial charge on any atom is 0.387 e. The second kappa shape index (κ2) is 9.38. The summed E-state index contributed by atoms with van der Waals surface area (Å²) in [4.78, 5) is 16.8. The van der Waals surface area contributed by atoms with Gasteiger partial charge < -0.3 is 19.4 Å². The molecular weight excluding hydrogens is 388 g/mol. The van der Waals surface area contributed by atoms with Gasteiger partial charge in [-0.2, -0.15) is 8.78 Å². The first-order chi connectivity index (χ1) is 13.4. The number of amides is 1. The van der Waals surface area contributed by atoms with Gasteiger partial charge in [0.2, 0.25) is 5.91 Å². The smallest absolute Gasteiger partial charge is 0.387 e. The van der Waals surface area contributed by atoms with E-state index in [0.29, 0.717) is 5.69 Å². The van der Waals surface area contributed by atoms with Crippen LogP contribution in [0.1, 0.15) is 24.2 Å². The van der Waals surface area contributed by atoms with E-state index in [9.17, 15) is 13.6 Å². The number of alkyl halides is 2. The van der Waals surface area contributed by atoms with E-state index in [1.165, 1.54) is 36.0 Å². The highest BCUT2D eigenvalue weighted by Gasteiger charge is 2.20. The molecule has 1 fully saturated rings. The van der Waals surface area contributed by atoms with Gasteiger partial charge in [-0.1, -0.05) is 11.8 Å². The molecule has 1 atom stereocenters. The highest BCUT2D eigenvalue weighted by atomic mass is 32.2. The summed E-state index contributed by atoms with van der Waals surface area (Å²) in [5.74, 6) is 0.0375. The van der Waals surface area contributed by atoms with Crippen molar-refractivity contribution in [1.82, 2.24) is 9.55 Å². The molecule has 0 aliphatic carbocycles. The quantitative estimate of drug-likeness (QED) is 0.665. The van der Waals surface area contributed by atoms with E-state index in [2.05, 4.69) is 19.6 Å². The zero-order chi connectivity index (χ0) is 20.1. The van der Waals surface area contributed by atoms with Gasteiger partial charge in [0.15, 0.2) is 5.16 Å². The Bertz CT molecular complexity index is 806. The summed E-state index contributed by atoms with van der Waals surface area (Å²) >= 11 is 1.36. The van der Waals surface area contributed by atoms with Crippen molar-refractivity contribution in [3.05, 3.63) is 35.7 Å². The molecule has 9 heteroatoms. The number of nitrogens with one attached hydrogen (secondary N) is 1. The van der Waals surface area contributed by atoms with Gasteiger partial charge >= 0.3 is 6.61 Å². The number of carbonyl (C=O) groups excluding carboxylic acids is 1. The predicted molar refractivity (Wildman–Crippen MR) is 103 cm³/mol. The predicted octanol–water partition coefficient (Wildman–Crippen LogP) is 4.01. The van der Waals surface area contributed by atoms with Crippen molar-refractivity contribution in [2.45, 2.75) is 51.1 Å². The summed E-state index contributed by atoms with van der Waals surface area (Å²) in [5.41, 5.74) is 2.53. The van der Waals surface area contributed by atoms with E-state index in [1.807, 2.05) is 13.8 Å². The maximum atomic E-state index is 12.3. The fourth-order valence-corrected chi connectivity index (χ4v) is 3.89. The third kappa shape index (κ3) is 5.45. The average molecular weight is 411 g/mol. The minimum atomic E-state index is -2.87. The molecule has 2 heterocycles. The number of anilines is 1. The number of aryl methyl sites for hydroxylation is 1. The van der Waals surface area contributed by atoms with Crippen molar-refractivity contribution in [1.29, 1.82) is 0 Å². The normalized spacial score (nSPS) is 16.5. The van der Waals surface area contributed by atoms with E-state index >= 15 is 0 Å². The van der Waals surface area contributed by atoms with Crippen molar-refractivity contribution < 1.29 is 23.0 Å². The van der Waals surface area contributed by atoms with Crippen LogP contribution in [0.3, 0.4) is 0 Å². The fraction of sp³-hybridized carbons (Fsp3) is 0.474. The van der Waals surface area contributed by atoms with Crippen LogP contribution in [0.4, 0.5) is 14.5 Å². The zero-order valence-electron chi connectivity index (χ0n) is 15.8. The molecule has 1 aromatic carbocycles. The fourth-order valence-electron chi connectivity index (χ4n) is 2.99. The summed E-state index contributed by atoms with van der Waals surface area (Å²) in [5, 5.41) is 3.54. The van der Waals surface area contributed by atoms with Gasteiger partial charge in [0.1, 0.15) is 5.75 Å². The molecule has 152 valence electrons. The van der Waals surface area contributed by atoms with Crippen LogP contribution in [0.25, 0.3) is 0 Å². The number of nitrogens with zero attached hydrogens (tertiary/aromatic N) is 2.